The number of carbonyl (C=O) groups is 1. The fraction of sp³-hybridized carbons (Fsp3) is 0.304. The van der Waals surface area contributed by atoms with Gasteiger partial charge in [-0.3, -0.25) is 9.69 Å². The van der Waals surface area contributed by atoms with Crippen LogP contribution in [-0.2, 0) is 6.54 Å². The van der Waals surface area contributed by atoms with Crippen LogP contribution in [0.4, 0.5) is 11.7 Å². The number of benzene rings is 2. The minimum Gasteiger partial charge on any atom is -0.497 e. The maximum absolute atomic E-state index is 11.2. The van der Waals surface area contributed by atoms with Crippen molar-refractivity contribution in [3.63, 3.8) is 0 Å². The summed E-state index contributed by atoms with van der Waals surface area (Å²) in [5.41, 5.74) is 8.61. The molecule has 0 aliphatic carbocycles. The Hall–Kier alpha value is -3.32. The smallest absolute Gasteiger partial charge is 0.299 e. The summed E-state index contributed by atoms with van der Waals surface area (Å²) in [4.78, 5) is 18.0. The zero-order valence-corrected chi connectivity index (χ0v) is 17.1. The fourth-order valence-corrected chi connectivity index (χ4v) is 3.71. The van der Waals surface area contributed by atoms with Crippen molar-refractivity contribution >= 4 is 17.6 Å². The number of anilines is 2. The summed E-state index contributed by atoms with van der Waals surface area (Å²) in [5.74, 6) is 0.936. The Morgan fingerprint density at radius 1 is 1.17 bits per heavy atom. The van der Waals surface area contributed by atoms with Gasteiger partial charge in [0.2, 0.25) is 5.91 Å². The number of rotatable bonds is 7. The molecule has 2 aromatic carbocycles. The summed E-state index contributed by atoms with van der Waals surface area (Å²) in [6, 6.07) is 13.4. The molecule has 3 aromatic rings. The van der Waals surface area contributed by atoms with E-state index in [1.165, 1.54) is 24.8 Å². The van der Waals surface area contributed by atoms with Crippen LogP contribution in [0.3, 0.4) is 0 Å². The molecule has 0 atom stereocenters. The van der Waals surface area contributed by atoms with Crippen molar-refractivity contribution in [3.05, 3.63) is 59.8 Å². The van der Waals surface area contributed by atoms with E-state index in [4.69, 9.17) is 14.9 Å². The van der Waals surface area contributed by atoms with E-state index in [9.17, 15) is 4.79 Å². The second-order valence-electron chi connectivity index (χ2n) is 7.50. The molecule has 7 nitrogen and oxygen atoms in total. The number of oxazole rings is 1. The number of aromatic nitrogens is 1. The van der Waals surface area contributed by atoms with Crippen LogP contribution in [0.15, 0.2) is 53.1 Å². The molecule has 0 spiro atoms. The van der Waals surface area contributed by atoms with Crippen LogP contribution >= 0.6 is 0 Å². The molecule has 1 aromatic heterocycles. The zero-order chi connectivity index (χ0) is 20.9. The van der Waals surface area contributed by atoms with Crippen molar-refractivity contribution in [3.8, 4) is 17.1 Å². The molecule has 0 radical (unpaired) electrons. The van der Waals surface area contributed by atoms with Gasteiger partial charge < -0.3 is 20.2 Å². The van der Waals surface area contributed by atoms with Gasteiger partial charge in [-0.05, 0) is 55.8 Å². The largest absolute Gasteiger partial charge is 0.497 e. The first-order valence-corrected chi connectivity index (χ1v) is 10.1. The second-order valence-corrected chi connectivity index (χ2v) is 7.50. The SMILES string of the molecule is COc1cc(CN2CCCCC2)cc(Nc2ncc(-c3ccc(C(N)=O)cc3)o2)c1. The van der Waals surface area contributed by atoms with Gasteiger partial charge in [0.05, 0.1) is 13.3 Å². The number of hydrogen-bond donors (Lipinski definition) is 2. The molecule has 1 aliphatic heterocycles. The normalized spacial score (nSPS) is 14.4. The van der Waals surface area contributed by atoms with Crippen molar-refractivity contribution in [2.24, 2.45) is 5.73 Å². The molecular weight excluding hydrogens is 380 g/mol. The highest BCUT2D eigenvalue weighted by Gasteiger charge is 2.13. The summed E-state index contributed by atoms with van der Waals surface area (Å²) in [7, 11) is 1.67. The predicted octanol–water partition coefficient (Wildman–Crippen LogP) is 4.18. The predicted molar refractivity (Wildman–Crippen MR) is 116 cm³/mol. The molecule has 0 unspecified atom stereocenters. The third-order valence-electron chi connectivity index (χ3n) is 5.27. The van der Waals surface area contributed by atoms with Crippen LogP contribution in [-0.4, -0.2) is 36.0 Å². The number of methoxy groups -OCH3 is 1. The van der Waals surface area contributed by atoms with Crippen molar-refractivity contribution < 1.29 is 13.9 Å². The lowest BCUT2D eigenvalue weighted by atomic mass is 10.1. The number of piperidine rings is 1. The Labute approximate surface area is 175 Å². The topological polar surface area (TPSA) is 93.6 Å². The first kappa shape index (κ1) is 20.0. The van der Waals surface area contributed by atoms with Gasteiger partial charge in [0.15, 0.2) is 5.76 Å². The van der Waals surface area contributed by atoms with E-state index in [2.05, 4.69) is 27.3 Å². The van der Waals surface area contributed by atoms with Gasteiger partial charge in [0.1, 0.15) is 5.75 Å². The van der Waals surface area contributed by atoms with Crippen LogP contribution < -0.4 is 15.8 Å². The quantitative estimate of drug-likeness (QED) is 0.611. The van der Waals surface area contributed by atoms with E-state index in [1.807, 2.05) is 6.07 Å². The summed E-state index contributed by atoms with van der Waals surface area (Å²) < 4.78 is 11.3. The zero-order valence-electron chi connectivity index (χ0n) is 17.1. The number of nitrogens with two attached hydrogens (primary N) is 1. The molecule has 0 bridgehead atoms. The number of ether oxygens (including phenoxy) is 1. The molecule has 1 amide bonds. The summed E-state index contributed by atoms with van der Waals surface area (Å²) in [6.45, 7) is 3.17. The Morgan fingerprint density at radius 2 is 1.93 bits per heavy atom. The molecule has 30 heavy (non-hydrogen) atoms. The van der Waals surface area contributed by atoms with Crippen molar-refractivity contribution in [2.75, 3.05) is 25.5 Å². The van der Waals surface area contributed by atoms with Crippen LogP contribution in [0, 0.1) is 0 Å². The average molecular weight is 406 g/mol. The molecule has 0 saturated carbocycles. The summed E-state index contributed by atoms with van der Waals surface area (Å²) in [5, 5.41) is 3.23. The lowest BCUT2D eigenvalue weighted by Crippen LogP contribution is -2.29. The average Bonchev–Trinajstić information content (AvgIpc) is 3.22. The molecule has 3 N–H and O–H groups in total. The number of carbonyl (C=O) groups excluding carboxylic acids is 1. The number of primary amides is 1. The van der Waals surface area contributed by atoms with Crippen LogP contribution in [0.25, 0.3) is 11.3 Å². The maximum atomic E-state index is 11.2. The summed E-state index contributed by atoms with van der Waals surface area (Å²) >= 11 is 0. The number of likely N-dealkylation sites (tertiary alicyclic amines) is 1. The second kappa shape index (κ2) is 9.00. The standard InChI is InChI=1S/C23H26N4O3/c1-29-20-12-16(15-27-9-3-2-4-10-27)11-19(13-20)26-23-25-14-21(30-23)17-5-7-18(8-6-17)22(24)28/h5-8,11-14H,2-4,9-10,15H2,1H3,(H2,24,28)(H,25,26). The highest BCUT2D eigenvalue weighted by Crippen LogP contribution is 2.28. The van der Waals surface area contributed by atoms with Gasteiger partial charge in [-0.25, -0.2) is 4.98 Å². The van der Waals surface area contributed by atoms with E-state index in [0.29, 0.717) is 17.3 Å². The van der Waals surface area contributed by atoms with E-state index >= 15 is 0 Å². The lowest BCUT2D eigenvalue weighted by molar-refractivity contribution is 0.100. The van der Waals surface area contributed by atoms with E-state index in [0.717, 1.165) is 36.6 Å². The van der Waals surface area contributed by atoms with Gasteiger partial charge >= 0.3 is 0 Å². The van der Waals surface area contributed by atoms with Crippen molar-refractivity contribution in [2.45, 2.75) is 25.8 Å². The van der Waals surface area contributed by atoms with Crippen LogP contribution in [0.5, 0.6) is 5.75 Å². The molecule has 2 heterocycles. The highest BCUT2D eigenvalue weighted by atomic mass is 16.5. The Bertz CT molecular complexity index is 1010. The number of hydrogen-bond acceptors (Lipinski definition) is 6. The highest BCUT2D eigenvalue weighted by molar-refractivity contribution is 5.93. The lowest BCUT2D eigenvalue weighted by Gasteiger charge is -2.26. The third-order valence-corrected chi connectivity index (χ3v) is 5.27. The monoisotopic (exact) mass is 406 g/mol. The third kappa shape index (κ3) is 4.80. The molecule has 156 valence electrons. The Balaban J connectivity index is 1.49. The first-order valence-electron chi connectivity index (χ1n) is 10.1. The number of nitrogens with zero attached hydrogens (tertiary/aromatic N) is 2. The molecule has 4 rings (SSSR count). The van der Waals surface area contributed by atoms with Gasteiger partial charge in [0, 0.05) is 29.4 Å². The first-order chi connectivity index (χ1) is 14.6. The Kier molecular flexibility index (Phi) is 5.99. The van der Waals surface area contributed by atoms with Crippen molar-refractivity contribution in [1.82, 2.24) is 9.88 Å². The van der Waals surface area contributed by atoms with E-state index < -0.39 is 5.91 Å². The van der Waals surface area contributed by atoms with Gasteiger partial charge in [0.25, 0.3) is 6.01 Å². The van der Waals surface area contributed by atoms with E-state index in [-0.39, 0.29) is 0 Å². The summed E-state index contributed by atoms with van der Waals surface area (Å²) in [6.07, 6.45) is 5.48. The van der Waals surface area contributed by atoms with Gasteiger partial charge in [-0.2, -0.15) is 0 Å². The maximum Gasteiger partial charge on any atom is 0.299 e. The van der Waals surface area contributed by atoms with Gasteiger partial charge in [-0.1, -0.05) is 18.6 Å². The molecule has 1 aliphatic rings. The van der Waals surface area contributed by atoms with Crippen LogP contribution in [0.1, 0.15) is 35.2 Å². The van der Waals surface area contributed by atoms with E-state index in [1.54, 1.807) is 37.6 Å². The number of nitrogens with one attached hydrogen (secondary N) is 1. The van der Waals surface area contributed by atoms with Crippen LogP contribution in [0.2, 0.25) is 0 Å². The molecule has 7 heteroatoms. The Morgan fingerprint density at radius 3 is 2.63 bits per heavy atom. The molecule has 1 saturated heterocycles. The minimum atomic E-state index is -0.458. The fourth-order valence-electron chi connectivity index (χ4n) is 3.71. The number of amides is 1. The van der Waals surface area contributed by atoms with Gasteiger partial charge in [-0.15, -0.1) is 0 Å². The minimum absolute atomic E-state index is 0.390. The molecule has 1 fully saturated rings. The van der Waals surface area contributed by atoms with Crippen molar-refractivity contribution in [1.29, 1.82) is 0 Å². The molecular formula is C23H26N4O3.